The van der Waals surface area contributed by atoms with Gasteiger partial charge in [0.05, 0.1) is 5.92 Å². The third-order valence-corrected chi connectivity index (χ3v) is 7.64. The van der Waals surface area contributed by atoms with Crippen LogP contribution in [0.4, 0.5) is 11.4 Å². The van der Waals surface area contributed by atoms with E-state index >= 15 is 0 Å². The summed E-state index contributed by atoms with van der Waals surface area (Å²) in [4.78, 5) is 39.0. The fraction of sp³-hybridized carbons (Fsp3) is 0.276. The van der Waals surface area contributed by atoms with Crippen molar-refractivity contribution in [2.45, 2.75) is 34.1 Å². The molecule has 7 nitrogen and oxygen atoms in total. The minimum Gasteiger partial charge on any atom is -0.457 e. The zero-order chi connectivity index (χ0) is 26.7. The molecular weight excluding hydrogens is 536 g/mol. The molecule has 2 amide bonds. The minimum atomic E-state index is -0.635. The topological polar surface area (TPSA) is 84.9 Å². The van der Waals surface area contributed by atoms with Gasteiger partial charge in [-0.05, 0) is 98.5 Å². The predicted octanol–water partition coefficient (Wildman–Crippen LogP) is 6.01. The molecule has 0 bridgehead atoms. The summed E-state index contributed by atoms with van der Waals surface area (Å²) in [5, 5.41) is 2.74. The van der Waals surface area contributed by atoms with Crippen LogP contribution >= 0.6 is 15.9 Å². The molecule has 8 heteroatoms. The number of carbonyl (C=O) groups is 3. The van der Waals surface area contributed by atoms with Gasteiger partial charge in [0.2, 0.25) is 5.91 Å². The van der Waals surface area contributed by atoms with Gasteiger partial charge in [-0.3, -0.25) is 14.4 Å². The number of nitrogens with one attached hydrogen (secondary N) is 1. The number of halogens is 1. The highest BCUT2D eigenvalue weighted by Crippen LogP contribution is 2.30. The van der Waals surface area contributed by atoms with E-state index in [2.05, 4.69) is 21.2 Å². The third-order valence-electron chi connectivity index (χ3n) is 6.39. The summed E-state index contributed by atoms with van der Waals surface area (Å²) in [5.41, 5.74) is 5.62. The standard InChI is InChI=1S/C29H29BrN2O5/c1-17-5-8-25(13-18(17)2)37-24-9-6-23(7-10-24)32-15-21(14-27(32)34)29(35)36-16-26(33)31-22-11-19(3)28(30)20(4)12-22/h5-13,21H,14-16H2,1-4H3,(H,31,33)/t21-/m1/s1. The lowest BCUT2D eigenvalue weighted by molar-refractivity contribution is -0.151. The van der Waals surface area contributed by atoms with E-state index in [9.17, 15) is 14.4 Å². The smallest absolute Gasteiger partial charge is 0.311 e. The Bertz CT molecular complexity index is 1330. The van der Waals surface area contributed by atoms with E-state index in [1.54, 1.807) is 29.2 Å². The van der Waals surface area contributed by atoms with Crippen LogP contribution in [0, 0.1) is 33.6 Å². The van der Waals surface area contributed by atoms with Crippen molar-refractivity contribution in [3.8, 4) is 11.5 Å². The number of benzene rings is 3. The third kappa shape index (κ3) is 6.38. The predicted molar refractivity (Wildman–Crippen MR) is 146 cm³/mol. The first kappa shape index (κ1) is 26.4. The largest absolute Gasteiger partial charge is 0.457 e. The van der Waals surface area contributed by atoms with Crippen LogP contribution in [-0.2, 0) is 19.1 Å². The Kier molecular flexibility index (Phi) is 7.97. The maximum Gasteiger partial charge on any atom is 0.311 e. The number of ether oxygens (including phenoxy) is 2. The number of rotatable bonds is 7. The van der Waals surface area contributed by atoms with Gasteiger partial charge in [0, 0.05) is 28.8 Å². The van der Waals surface area contributed by atoms with Crippen LogP contribution in [0.25, 0.3) is 0 Å². The molecule has 3 aromatic carbocycles. The first-order valence-corrected chi connectivity index (χ1v) is 12.8. The Balaban J connectivity index is 1.30. The molecule has 1 aliphatic rings. The van der Waals surface area contributed by atoms with Gasteiger partial charge in [0.15, 0.2) is 6.61 Å². The summed E-state index contributed by atoms with van der Waals surface area (Å²) in [5.74, 6) is -0.417. The number of amides is 2. The highest BCUT2D eigenvalue weighted by molar-refractivity contribution is 9.10. The first-order chi connectivity index (χ1) is 17.6. The Hall–Kier alpha value is -3.65. The van der Waals surface area contributed by atoms with Crippen molar-refractivity contribution in [3.05, 3.63) is 81.3 Å². The monoisotopic (exact) mass is 564 g/mol. The summed E-state index contributed by atoms with van der Waals surface area (Å²) in [6, 6.07) is 16.7. The van der Waals surface area contributed by atoms with E-state index in [-0.39, 0.29) is 18.9 Å². The summed E-state index contributed by atoms with van der Waals surface area (Å²) >= 11 is 3.49. The van der Waals surface area contributed by atoms with E-state index in [0.29, 0.717) is 17.1 Å². The highest BCUT2D eigenvalue weighted by atomic mass is 79.9. The second-order valence-electron chi connectivity index (χ2n) is 9.33. The van der Waals surface area contributed by atoms with Gasteiger partial charge >= 0.3 is 5.97 Å². The fourth-order valence-corrected chi connectivity index (χ4v) is 4.42. The quantitative estimate of drug-likeness (QED) is 0.355. The van der Waals surface area contributed by atoms with Crippen molar-refractivity contribution >= 4 is 45.1 Å². The van der Waals surface area contributed by atoms with Crippen LogP contribution in [0.5, 0.6) is 11.5 Å². The zero-order valence-electron chi connectivity index (χ0n) is 21.3. The van der Waals surface area contributed by atoms with Crippen molar-refractivity contribution in [1.82, 2.24) is 0 Å². The SMILES string of the molecule is Cc1ccc(Oc2ccc(N3C[C@H](C(=O)OCC(=O)Nc4cc(C)c(Br)c(C)c4)CC3=O)cc2)cc1C. The number of hydrogen-bond acceptors (Lipinski definition) is 5. The minimum absolute atomic E-state index is 0.0342. The lowest BCUT2D eigenvalue weighted by Gasteiger charge is -2.17. The average Bonchev–Trinajstić information content (AvgIpc) is 3.25. The molecule has 4 rings (SSSR count). The van der Waals surface area contributed by atoms with Crippen LogP contribution < -0.4 is 15.0 Å². The molecule has 0 saturated carbocycles. The van der Waals surface area contributed by atoms with Crippen LogP contribution in [0.15, 0.2) is 59.1 Å². The molecule has 37 heavy (non-hydrogen) atoms. The molecule has 1 N–H and O–H groups in total. The summed E-state index contributed by atoms with van der Waals surface area (Å²) in [6.45, 7) is 7.72. The van der Waals surface area contributed by atoms with Crippen LogP contribution in [0.2, 0.25) is 0 Å². The molecule has 0 radical (unpaired) electrons. The molecule has 192 valence electrons. The van der Waals surface area contributed by atoms with Crippen LogP contribution in [0.1, 0.15) is 28.7 Å². The molecule has 0 spiro atoms. The van der Waals surface area contributed by atoms with Gasteiger partial charge in [-0.2, -0.15) is 0 Å². The Morgan fingerprint density at radius 3 is 2.22 bits per heavy atom. The normalized spacial score (nSPS) is 15.0. The van der Waals surface area contributed by atoms with E-state index in [1.165, 1.54) is 5.56 Å². The molecule has 0 aliphatic carbocycles. The van der Waals surface area contributed by atoms with Crippen LogP contribution in [-0.4, -0.2) is 30.9 Å². The molecule has 0 aromatic heterocycles. The van der Waals surface area contributed by atoms with Crippen molar-refractivity contribution in [2.24, 2.45) is 5.92 Å². The number of esters is 1. The molecular formula is C29H29BrN2O5. The van der Waals surface area contributed by atoms with Gasteiger partial charge in [0.25, 0.3) is 5.91 Å². The van der Waals surface area contributed by atoms with Crippen molar-refractivity contribution in [1.29, 1.82) is 0 Å². The zero-order valence-corrected chi connectivity index (χ0v) is 22.8. The lowest BCUT2D eigenvalue weighted by atomic mass is 10.1. The average molecular weight is 565 g/mol. The van der Waals surface area contributed by atoms with Gasteiger partial charge in [-0.15, -0.1) is 0 Å². The molecule has 3 aromatic rings. The summed E-state index contributed by atoms with van der Waals surface area (Å²) in [6.07, 6.45) is 0.0342. The van der Waals surface area contributed by atoms with E-state index < -0.39 is 24.4 Å². The summed E-state index contributed by atoms with van der Waals surface area (Å²) in [7, 11) is 0. The van der Waals surface area contributed by atoms with Gasteiger partial charge < -0.3 is 19.7 Å². The fourth-order valence-electron chi connectivity index (χ4n) is 4.19. The maximum absolute atomic E-state index is 12.6. The van der Waals surface area contributed by atoms with Gasteiger partial charge in [-0.25, -0.2) is 0 Å². The van der Waals surface area contributed by atoms with Crippen molar-refractivity contribution in [2.75, 3.05) is 23.4 Å². The van der Waals surface area contributed by atoms with E-state index in [4.69, 9.17) is 9.47 Å². The van der Waals surface area contributed by atoms with Crippen molar-refractivity contribution in [3.63, 3.8) is 0 Å². The molecule has 1 heterocycles. The number of hydrogen-bond donors (Lipinski definition) is 1. The molecule has 0 unspecified atom stereocenters. The van der Waals surface area contributed by atoms with Gasteiger partial charge in [0.1, 0.15) is 11.5 Å². The maximum atomic E-state index is 12.6. The Morgan fingerprint density at radius 1 is 0.919 bits per heavy atom. The second kappa shape index (κ2) is 11.2. The molecule has 1 saturated heterocycles. The summed E-state index contributed by atoms with van der Waals surface area (Å²) < 4.78 is 12.1. The number of anilines is 2. The van der Waals surface area contributed by atoms with E-state index in [0.717, 1.165) is 26.9 Å². The molecule has 1 atom stereocenters. The van der Waals surface area contributed by atoms with Gasteiger partial charge in [-0.1, -0.05) is 22.0 Å². The van der Waals surface area contributed by atoms with E-state index in [1.807, 2.05) is 58.0 Å². The molecule has 1 fully saturated rings. The Labute approximate surface area is 224 Å². The number of aryl methyl sites for hydroxylation is 4. The Morgan fingerprint density at radius 2 is 1.57 bits per heavy atom. The lowest BCUT2D eigenvalue weighted by Crippen LogP contribution is -2.28. The van der Waals surface area contributed by atoms with Crippen molar-refractivity contribution < 1.29 is 23.9 Å². The highest BCUT2D eigenvalue weighted by Gasteiger charge is 2.36. The van der Waals surface area contributed by atoms with Crippen LogP contribution in [0.3, 0.4) is 0 Å². The number of carbonyl (C=O) groups excluding carboxylic acids is 3. The molecule has 1 aliphatic heterocycles. The second-order valence-corrected chi connectivity index (χ2v) is 10.1. The number of nitrogens with zero attached hydrogens (tertiary/aromatic N) is 1. The first-order valence-electron chi connectivity index (χ1n) is 12.0.